The lowest BCUT2D eigenvalue weighted by atomic mass is 9.96. The topological polar surface area (TPSA) is 35.6 Å². The Morgan fingerprint density at radius 2 is 2.12 bits per heavy atom. The van der Waals surface area contributed by atoms with Crippen molar-refractivity contribution in [3.8, 4) is 0 Å². The molecule has 1 aromatic carbocycles. The molecule has 4 heteroatoms. The first-order chi connectivity index (χ1) is 11.7. The fraction of sp³-hybridized carbons (Fsp3) is 0.650. The number of carbonyl (C=O) groups excluding carboxylic acids is 1. The minimum Gasteiger partial charge on any atom is -0.368 e. The van der Waals surface area contributed by atoms with E-state index < -0.39 is 0 Å². The van der Waals surface area contributed by atoms with E-state index in [1.54, 1.807) is 0 Å². The summed E-state index contributed by atoms with van der Waals surface area (Å²) < 4.78 is 0. The number of carbonyl (C=O) groups is 1. The van der Waals surface area contributed by atoms with Crippen molar-refractivity contribution in [3.05, 3.63) is 29.8 Å². The van der Waals surface area contributed by atoms with Gasteiger partial charge in [0.15, 0.2) is 0 Å². The second-order valence-electron chi connectivity index (χ2n) is 7.37. The number of benzene rings is 1. The van der Waals surface area contributed by atoms with Gasteiger partial charge < -0.3 is 15.1 Å². The Morgan fingerprint density at radius 1 is 1.29 bits per heavy atom. The van der Waals surface area contributed by atoms with Crippen molar-refractivity contribution < 1.29 is 4.79 Å². The molecule has 1 aromatic rings. The highest BCUT2D eigenvalue weighted by Gasteiger charge is 2.26. The van der Waals surface area contributed by atoms with Crippen LogP contribution in [0.4, 0.5) is 5.69 Å². The van der Waals surface area contributed by atoms with Crippen molar-refractivity contribution in [1.29, 1.82) is 0 Å². The summed E-state index contributed by atoms with van der Waals surface area (Å²) in [5, 5.41) is 3.25. The fourth-order valence-corrected chi connectivity index (χ4v) is 4.22. The molecule has 2 aliphatic rings. The van der Waals surface area contributed by atoms with Gasteiger partial charge in [-0.2, -0.15) is 0 Å². The summed E-state index contributed by atoms with van der Waals surface area (Å²) in [5.41, 5.74) is 2.76. The van der Waals surface area contributed by atoms with Crippen molar-refractivity contribution in [2.75, 3.05) is 38.1 Å². The largest absolute Gasteiger partial charge is 0.368 e. The maximum Gasteiger partial charge on any atom is 0.224 e. The van der Waals surface area contributed by atoms with Crippen LogP contribution in [-0.2, 0) is 11.2 Å². The Labute approximate surface area is 146 Å². The molecule has 0 aromatic heterocycles. The Hall–Kier alpha value is -1.55. The first-order valence-corrected chi connectivity index (χ1v) is 9.46. The smallest absolute Gasteiger partial charge is 0.224 e. The zero-order valence-corrected chi connectivity index (χ0v) is 15.1. The van der Waals surface area contributed by atoms with Gasteiger partial charge in [0.25, 0.3) is 0 Å². The lowest BCUT2D eigenvalue weighted by molar-refractivity contribution is -0.132. The molecule has 2 heterocycles. The summed E-state index contributed by atoms with van der Waals surface area (Å²) >= 11 is 0. The van der Waals surface area contributed by atoms with E-state index in [1.807, 2.05) is 7.05 Å². The van der Waals surface area contributed by atoms with Crippen molar-refractivity contribution >= 4 is 11.6 Å². The van der Waals surface area contributed by atoms with E-state index in [2.05, 4.69) is 46.3 Å². The Bertz CT molecular complexity index is 558. The SMILES string of the molecule is CNCC1CCCN(C(=O)CCN2c3ccccc3CCC2C)C1. The average molecular weight is 329 g/mol. The maximum absolute atomic E-state index is 12.7. The van der Waals surface area contributed by atoms with Crippen LogP contribution in [-0.4, -0.2) is 50.1 Å². The van der Waals surface area contributed by atoms with Crippen LogP contribution in [0.25, 0.3) is 0 Å². The molecule has 0 aliphatic carbocycles. The number of nitrogens with one attached hydrogen (secondary N) is 1. The van der Waals surface area contributed by atoms with Gasteiger partial charge in [-0.15, -0.1) is 0 Å². The average Bonchev–Trinajstić information content (AvgIpc) is 2.61. The number of para-hydroxylation sites is 1. The van der Waals surface area contributed by atoms with Crippen LogP contribution in [0.5, 0.6) is 0 Å². The van der Waals surface area contributed by atoms with Gasteiger partial charge in [0, 0.05) is 37.8 Å². The third-order valence-corrected chi connectivity index (χ3v) is 5.60. The van der Waals surface area contributed by atoms with E-state index in [-0.39, 0.29) is 0 Å². The number of aryl methyl sites for hydroxylation is 1. The molecular weight excluding hydrogens is 298 g/mol. The lowest BCUT2D eigenvalue weighted by Gasteiger charge is -2.38. The second kappa shape index (κ2) is 8.02. The van der Waals surface area contributed by atoms with E-state index >= 15 is 0 Å². The highest BCUT2D eigenvalue weighted by molar-refractivity contribution is 5.77. The normalized spacial score (nSPS) is 23.9. The zero-order valence-electron chi connectivity index (χ0n) is 15.1. The summed E-state index contributed by atoms with van der Waals surface area (Å²) in [7, 11) is 2.00. The number of fused-ring (bicyclic) bond motifs is 1. The molecule has 2 aliphatic heterocycles. The summed E-state index contributed by atoms with van der Waals surface area (Å²) in [6.45, 7) is 5.99. The molecule has 0 spiro atoms. The molecule has 1 N–H and O–H groups in total. The fourth-order valence-electron chi connectivity index (χ4n) is 4.22. The van der Waals surface area contributed by atoms with Crippen LogP contribution < -0.4 is 10.2 Å². The lowest BCUT2D eigenvalue weighted by Crippen LogP contribution is -2.44. The van der Waals surface area contributed by atoms with Crippen LogP contribution in [0.3, 0.4) is 0 Å². The molecule has 3 rings (SSSR count). The van der Waals surface area contributed by atoms with E-state index in [0.717, 1.165) is 39.0 Å². The van der Waals surface area contributed by atoms with Crippen molar-refractivity contribution in [3.63, 3.8) is 0 Å². The van der Waals surface area contributed by atoms with Gasteiger partial charge in [0.1, 0.15) is 0 Å². The van der Waals surface area contributed by atoms with Gasteiger partial charge in [-0.05, 0) is 63.7 Å². The number of hydrogen-bond donors (Lipinski definition) is 1. The number of rotatable bonds is 5. The van der Waals surface area contributed by atoms with Gasteiger partial charge in [-0.1, -0.05) is 18.2 Å². The van der Waals surface area contributed by atoms with Crippen LogP contribution in [0.2, 0.25) is 0 Å². The first-order valence-electron chi connectivity index (χ1n) is 9.46. The molecule has 1 saturated heterocycles. The molecule has 0 bridgehead atoms. The number of piperidine rings is 1. The molecular formula is C20H31N3O. The standard InChI is InChI=1S/C20H31N3O/c1-16-9-10-18-7-3-4-8-19(18)23(16)13-11-20(24)22-12-5-6-17(15-22)14-21-2/h3-4,7-8,16-17,21H,5-6,9-15H2,1-2H3. The zero-order chi connectivity index (χ0) is 16.9. The molecule has 24 heavy (non-hydrogen) atoms. The van der Waals surface area contributed by atoms with Crippen LogP contribution in [0, 0.1) is 5.92 Å². The molecule has 0 saturated carbocycles. The van der Waals surface area contributed by atoms with Crippen LogP contribution in [0.1, 0.15) is 38.2 Å². The first kappa shape index (κ1) is 17.3. The Balaban J connectivity index is 1.58. The van der Waals surface area contributed by atoms with Crippen molar-refractivity contribution in [2.24, 2.45) is 5.92 Å². The molecule has 1 amide bonds. The number of amides is 1. The second-order valence-corrected chi connectivity index (χ2v) is 7.37. The number of anilines is 1. The predicted octanol–water partition coefficient (Wildman–Crippen LogP) is 2.68. The third kappa shape index (κ3) is 3.92. The number of nitrogens with zero attached hydrogens (tertiary/aromatic N) is 2. The molecule has 2 atom stereocenters. The van der Waals surface area contributed by atoms with E-state index in [0.29, 0.717) is 24.3 Å². The summed E-state index contributed by atoms with van der Waals surface area (Å²) in [6.07, 6.45) is 5.34. The predicted molar refractivity (Wildman–Crippen MR) is 99.4 cm³/mol. The van der Waals surface area contributed by atoms with Gasteiger partial charge >= 0.3 is 0 Å². The van der Waals surface area contributed by atoms with Crippen LogP contribution >= 0.6 is 0 Å². The summed E-state index contributed by atoms with van der Waals surface area (Å²) in [4.78, 5) is 17.2. The van der Waals surface area contributed by atoms with Gasteiger partial charge in [-0.3, -0.25) is 4.79 Å². The van der Waals surface area contributed by atoms with E-state index in [9.17, 15) is 4.79 Å². The van der Waals surface area contributed by atoms with Crippen molar-refractivity contribution in [1.82, 2.24) is 10.2 Å². The van der Waals surface area contributed by atoms with Gasteiger partial charge in [0.05, 0.1) is 0 Å². The number of likely N-dealkylation sites (tertiary alicyclic amines) is 1. The number of hydrogen-bond acceptors (Lipinski definition) is 3. The molecule has 132 valence electrons. The highest BCUT2D eigenvalue weighted by atomic mass is 16.2. The summed E-state index contributed by atoms with van der Waals surface area (Å²) in [5.74, 6) is 0.938. The molecule has 0 radical (unpaired) electrons. The maximum atomic E-state index is 12.7. The Kier molecular flexibility index (Phi) is 5.77. The summed E-state index contributed by atoms with van der Waals surface area (Å²) in [6, 6.07) is 9.18. The molecule has 4 nitrogen and oxygen atoms in total. The van der Waals surface area contributed by atoms with E-state index in [4.69, 9.17) is 0 Å². The monoisotopic (exact) mass is 329 g/mol. The Morgan fingerprint density at radius 3 is 2.96 bits per heavy atom. The molecule has 2 unspecified atom stereocenters. The molecule has 1 fully saturated rings. The third-order valence-electron chi connectivity index (χ3n) is 5.60. The van der Waals surface area contributed by atoms with Gasteiger partial charge in [0.2, 0.25) is 5.91 Å². The van der Waals surface area contributed by atoms with Gasteiger partial charge in [-0.25, -0.2) is 0 Å². The van der Waals surface area contributed by atoms with Crippen molar-refractivity contribution in [2.45, 2.75) is 45.1 Å². The quantitative estimate of drug-likeness (QED) is 0.902. The minimum atomic E-state index is 0.325. The van der Waals surface area contributed by atoms with E-state index in [1.165, 1.54) is 24.1 Å². The highest BCUT2D eigenvalue weighted by Crippen LogP contribution is 2.30. The minimum absolute atomic E-state index is 0.325. The van der Waals surface area contributed by atoms with Crippen LogP contribution in [0.15, 0.2) is 24.3 Å².